The average molecular weight is 371 g/mol. The minimum atomic E-state index is 0.190. The first kappa shape index (κ1) is 16.4. The quantitative estimate of drug-likeness (QED) is 0.743. The lowest BCUT2D eigenvalue weighted by Crippen LogP contribution is -2.60. The number of amides is 1. The van der Waals surface area contributed by atoms with Crippen LogP contribution in [0.4, 0.5) is 0 Å². The van der Waals surface area contributed by atoms with E-state index in [0.717, 1.165) is 23.0 Å². The first-order valence-corrected chi connectivity index (χ1v) is 10.5. The standard InChI is InChI=1S/C24H25N3O/c28-24(19-8-4-7-17-9-12-25-21(17)19)27-15-20(16-5-2-1-3-6-16)23-22(27)18-10-13-26(23)14-11-18/h1-9,12,18,20,22-23,25H,10-11,13-15H2/t20-,22+,23+/m1/s1. The lowest BCUT2D eigenvalue weighted by molar-refractivity contribution is -0.00335. The molecule has 4 saturated heterocycles. The van der Waals surface area contributed by atoms with E-state index >= 15 is 0 Å². The fourth-order valence-electron chi connectivity index (χ4n) is 6.07. The number of hydrogen-bond acceptors (Lipinski definition) is 2. The van der Waals surface area contributed by atoms with Crippen molar-refractivity contribution in [3.05, 3.63) is 71.9 Å². The number of rotatable bonds is 2. The highest BCUT2D eigenvalue weighted by Gasteiger charge is 2.54. The minimum Gasteiger partial charge on any atom is -0.361 e. The monoisotopic (exact) mass is 371 g/mol. The number of piperidine rings is 3. The van der Waals surface area contributed by atoms with Gasteiger partial charge in [-0.15, -0.1) is 0 Å². The van der Waals surface area contributed by atoms with E-state index in [4.69, 9.17) is 0 Å². The van der Waals surface area contributed by atoms with Gasteiger partial charge in [0, 0.05) is 30.1 Å². The fourth-order valence-corrected chi connectivity index (χ4v) is 6.07. The van der Waals surface area contributed by atoms with Crippen molar-refractivity contribution < 1.29 is 4.79 Å². The van der Waals surface area contributed by atoms with Crippen LogP contribution in [0.2, 0.25) is 0 Å². The van der Waals surface area contributed by atoms with Gasteiger partial charge in [0.05, 0.1) is 17.1 Å². The van der Waals surface area contributed by atoms with Crippen LogP contribution in [0.15, 0.2) is 60.8 Å². The number of hydrogen-bond donors (Lipinski definition) is 1. The Kier molecular flexibility index (Phi) is 3.63. The molecule has 1 N–H and O–H groups in total. The number of nitrogens with one attached hydrogen (secondary N) is 1. The molecule has 3 atom stereocenters. The van der Waals surface area contributed by atoms with Crippen LogP contribution in [0, 0.1) is 5.92 Å². The van der Waals surface area contributed by atoms with Gasteiger partial charge in [0.15, 0.2) is 0 Å². The van der Waals surface area contributed by atoms with Gasteiger partial charge in [0.25, 0.3) is 5.91 Å². The van der Waals surface area contributed by atoms with Crippen molar-refractivity contribution in [1.82, 2.24) is 14.8 Å². The first-order chi connectivity index (χ1) is 13.8. The second kappa shape index (κ2) is 6.21. The molecule has 0 aliphatic carbocycles. The van der Waals surface area contributed by atoms with Crippen molar-refractivity contribution in [2.24, 2.45) is 5.92 Å². The third kappa shape index (κ3) is 2.31. The molecule has 4 nitrogen and oxygen atoms in total. The molecule has 1 aromatic heterocycles. The second-order valence-electron chi connectivity index (χ2n) is 8.58. The molecule has 5 heterocycles. The third-order valence-electron chi connectivity index (χ3n) is 7.30. The molecule has 28 heavy (non-hydrogen) atoms. The first-order valence-electron chi connectivity index (χ1n) is 10.5. The van der Waals surface area contributed by atoms with Gasteiger partial charge in [-0.25, -0.2) is 0 Å². The number of aromatic amines is 1. The Morgan fingerprint density at radius 3 is 2.57 bits per heavy atom. The van der Waals surface area contributed by atoms with E-state index in [2.05, 4.69) is 51.2 Å². The van der Waals surface area contributed by atoms with Gasteiger partial charge in [-0.05, 0) is 49.5 Å². The summed E-state index contributed by atoms with van der Waals surface area (Å²) in [6.07, 6.45) is 4.37. The lowest BCUT2D eigenvalue weighted by atomic mass is 9.75. The molecule has 4 heteroatoms. The van der Waals surface area contributed by atoms with Gasteiger partial charge < -0.3 is 9.88 Å². The number of benzene rings is 2. The number of para-hydroxylation sites is 1. The van der Waals surface area contributed by atoms with E-state index in [1.54, 1.807) is 0 Å². The normalized spacial score (nSPS) is 31.3. The van der Waals surface area contributed by atoms with Crippen molar-refractivity contribution >= 4 is 16.8 Å². The van der Waals surface area contributed by atoms with Crippen LogP contribution >= 0.6 is 0 Å². The summed E-state index contributed by atoms with van der Waals surface area (Å²) in [5, 5.41) is 1.11. The van der Waals surface area contributed by atoms with Crippen molar-refractivity contribution in [2.75, 3.05) is 19.6 Å². The van der Waals surface area contributed by atoms with Gasteiger partial charge in [-0.2, -0.15) is 0 Å². The van der Waals surface area contributed by atoms with E-state index in [9.17, 15) is 4.79 Å². The predicted molar refractivity (Wildman–Crippen MR) is 110 cm³/mol. The molecule has 4 aliphatic rings. The second-order valence-corrected chi connectivity index (χ2v) is 8.58. The summed E-state index contributed by atoms with van der Waals surface area (Å²) in [5.41, 5.74) is 3.15. The molecule has 0 spiro atoms. The maximum absolute atomic E-state index is 13.8. The van der Waals surface area contributed by atoms with E-state index in [-0.39, 0.29) is 5.91 Å². The summed E-state index contributed by atoms with van der Waals surface area (Å²) in [7, 11) is 0. The van der Waals surface area contributed by atoms with Crippen molar-refractivity contribution in [3.63, 3.8) is 0 Å². The highest BCUT2D eigenvalue weighted by molar-refractivity contribution is 6.06. The van der Waals surface area contributed by atoms with Crippen molar-refractivity contribution in [3.8, 4) is 0 Å². The molecule has 1 amide bonds. The van der Waals surface area contributed by atoms with Gasteiger partial charge in [0.2, 0.25) is 0 Å². The minimum absolute atomic E-state index is 0.190. The molecular weight excluding hydrogens is 346 g/mol. The van der Waals surface area contributed by atoms with E-state index in [0.29, 0.717) is 23.9 Å². The van der Waals surface area contributed by atoms with E-state index in [1.165, 1.54) is 31.5 Å². The summed E-state index contributed by atoms with van der Waals surface area (Å²) in [5.74, 6) is 1.23. The molecule has 142 valence electrons. The largest absolute Gasteiger partial charge is 0.361 e. The summed E-state index contributed by atoms with van der Waals surface area (Å²) < 4.78 is 0. The van der Waals surface area contributed by atoms with Crippen LogP contribution in [0.3, 0.4) is 0 Å². The number of carbonyl (C=O) groups excluding carboxylic acids is 1. The maximum Gasteiger partial charge on any atom is 0.256 e. The molecule has 0 unspecified atom stereocenters. The smallest absolute Gasteiger partial charge is 0.256 e. The number of fused-ring (bicyclic) bond motifs is 3. The zero-order valence-electron chi connectivity index (χ0n) is 15.9. The van der Waals surface area contributed by atoms with Crippen molar-refractivity contribution in [2.45, 2.75) is 30.8 Å². The summed E-state index contributed by atoms with van der Waals surface area (Å²) in [4.78, 5) is 21.9. The summed E-state index contributed by atoms with van der Waals surface area (Å²) in [6, 6.07) is 19.7. The Bertz CT molecular complexity index is 1020. The Labute approximate surface area is 165 Å². The van der Waals surface area contributed by atoms with Gasteiger partial charge in [-0.3, -0.25) is 9.69 Å². The number of aromatic nitrogens is 1. The zero-order valence-corrected chi connectivity index (χ0v) is 15.9. The Balaban J connectivity index is 1.43. The van der Waals surface area contributed by atoms with Crippen LogP contribution in [-0.4, -0.2) is 52.4 Å². The topological polar surface area (TPSA) is 39.3 Å². The average Bonchev–Trinajstić information content (AvgIpc) is 3.41. The SMILES string of the molecule is O=C(c1cccc2cc[nH]c12)N1C[C@H](c2ccccc2)[C@H]2[C@@H]1C1CCN2CC1. The molecule has 3 aromatic rings. The van der Waals surface area contributed by atoms with Crippen LogP contribution in [0.1, 0.15) is 34.7 Å². The Morgan fingerprint density at radius 1 is 0.929 bits per heavy atom. The third-order valence-corrected chi connectivity index (χ3v) is 7.30. The molecule has 7 rings (SSSR count). The zero-order chi connectivity index (χ0) is 18.7. The number of H-pyrrole nitrogens is 1. The molecule has 0 saturated carbocycles. The summed E-state index contributed by atoms with van der Waals surface area (Å²) in [6.45, 7) is 3.19. The molecule has 0 radical (unpaired) electrons. The highest BCUT2D eigenvalue weighted by Crippen LogP contribution is 2.47. The number of carbonyl (C=O) groups is 1. The fraction of sp³-hybridized carbons (Fsp3) is 0.375. The van der Waals surface area contributed by atoms with Crippen LogP contribution in [0.5, 0.6) is 0 Å². The molecular formula is C24H25N3O. The predicted octanol–water partition coefficient (Wildman–Crippen LogP) is 3.87. The number of nitrogens with zero attached hydrogens (tertiary/aromatic N) is 2. The van der Waals surface area contributed by atoms with Crippen LogP contribution in [-0.2, 0) is 0 Å². The molecule has 2 bridgehead atoms. The molecule has 4 fully saturated rings. The Hall–Kier alpha value is -2.59. The molecule has 2 aromatic carbocycles. The summed E-state index contributed by atoms with van der Waals surface area (Å²) >= 11 is 0. The maximum atomic E-state index is 13.8. The van der Waals surface area contributed by atoms with Crippen molar-refractivity contribution in [1.29, 1.82) is 0 Å². The van der Waals surface area contributed by atoms with Gasteiger partial charge in [0.1, 0.15) is 0 Å². The number of likely N-dealkylation sites (tertiary alicyclic amines) is 1. The Morgan fingerprint density at radius 2 is 1.75 bits per heavy atom. The lowest BCUT2D eigenvalue weighted by Gasteiger charge is -2.51. The van der Waals surface area contributed by atoms with Gasteiger partial charge >= 0.3 is 0 Å². The van der Waals surface area contributed by atoms with E-state index in [1.807, 2.05) is 24.4 Å². The highest BCUT2D eigenvalue weighted by atomic mass is 16.2. The van der Waals surface area contributed by atoms with Gasteiger partial charge in [-0.1, -0.05) is 42.5 Å². The molecule has 4 aliphatic heterocycles. The van der Waals surface area contributed by atoms with Crippen LogP contribution in [0.25, 0.3) is 10.9 Å². The van der Waals surface area contributed by atoms with E-state index < -0.39 is 0 Å². The van der Waals surface area contributed by atoms with Crippen LogP contribution < -0.4 is 0 Å².